The first-order chi connectivity index (χ1) is 2.91. The van der Waals surface area contributed by atoms with Gasteiger partial charge in [-0.2, -0.15) is 0 Å². The van der Waals surface area contributed by atoms with Crippen molar-refractivity contribution in [2.24, 2.45) is 5.73 Å². The molecule has 0 heterocycles. The summed E-state index contributed by atoms with van der Waals surface area (Å²) in [5.74, 6) is 0. The molecule has 0 atom stereocenters. The molecule has 40 valence electrons. The van der Waals surface area contributed by atoms with Crippen molar-refractivity contribution in [2.75, 3.05) is 19.6 Å². The van der Waals surface area contributed by atoms with E-state index in [9.17, 15) is 0 Å². The molecule has 0 radical (unpaired) electrons. The zero-order chi connectivity index (χ0) is 4.83. The van der Waals surface area contributed by atoms with Gasteiger partial charge in [0.15, 0.2) is 0 Å². The maximum atomic E-state index is 5.15. The Kier molecular flexibility index (Phi) is 15.5. The quantitative estimate of drug-likeness (QED) is 0.359. The number of nitrogens with one attached hydrogen (secondary N) is 1. The van der Waals surface area contributed by atoms with E-state index in [1.54, 1.807) is 0 Å². The summed E-state index contributed by atoms with van der Waals surface area (Å²) in [6, 6.07) is 0. The van der Waals surface area contributed by atoms with Gasteiger partial charge in [0.25, 0.3) is 0 Å². The second kappa shape index (κ2) is 10.0. The Bertz CT molecular complexity index is 21.7. The Balaban J connectivity index is 0. The van der Waals surface area contributed by atoms with Crippen molar-refractivity contribution in [3.63, 3.8) is 0 Å². The van der Waals surface area contributed by atoms with Crippen LogP contribution in [0, 0.1) is 0 Å². The molecule has 0 unspecified atom stereocenters. The fraction of sp³-hybridized carbons (Fsp3) is 1.00. The van der Waals surface area contributed by atoms with Gasteiger partial charge in [0.05, 0.1) is 0 Å². The molecule has 0 aromatic rings. The Hall–Kier alpha value is 0.920. The second-order valence-corrected chi connectivity index (χ2v) is 1.14. The van der Waals surface area contributed by atoms with Crippen molar-refractivity contribution in [3.05, 3.63) is 0 Å². The van der Waals surface area contributed by atoms with Crippen LogP contribution in [-0.2, 0) is 0 Å². The monoisotopic (exact) mass is 112 g/mol. The predicted molar refractivity (Wildman–Crippen MR) is 34.7 cm³/mol. The third-order valence-electron chi connectivity index (χ3n) is 0.571. The van der Waals surface area contributed by atoms with Crippen LogP contribution >= 0.6 is 0 Å². The number of rotatable bonds is 3. The summed E-state index contributed by atoms with van der Waals surface area (Å²) in [5.41, 5.74) is 5.15. The van der Waals surface area contributed by atoms with Gasteiger partial charge < -0.3 is 11.1 Å². The summed E-state index contributed by atoms with van der Waals surface area (Å²) < 4.78 is 0. The average Bonchev–Trinajstić information content (AvgIpc) is 1.61. The van der Waals surface area contributed by atoms with Gasteiger partial charge in [-0.25, -0.2) is 0 Å². The third kappa shape index (κ3) is 10.9. The van der Waals surface area contributed by atoms with Crippen molar-refractivity contribution in [1.82, 2.24) is 5.32 Å². The SMILES string of the molecule is CCNCCN.[NaH]. The summed E-state index contributed by atoms with van der Waals surface area (Å²) in [4.78, 5) is 0. The summed E-state index contributed by atoms with van der Waals surface area (Å²) in [5, 5.41) is 3.07. The molecule has 7 heavy (non-hydrogen) atoms. The fourth-order valence-corrected chi connectivity index (χ4v) is 0.279. The van der Waals surface area contributed by atoms with Gasteiger partial charge in [-0.1, -0.05) is 6.92 Å². The zero-order valence-electron chi connectivity index (χ0n) is 4.20. The second-order valence-electron chi connectivity index (χ2n) is 1.14. The minimum atomic E-state index is 0. The Morgan fingerprint density at radius 1 is 1.57 bits per heavy atom. The molecule has 2 nitrogen and oxygen atoms in total. The van der Waals surface area contributed by atoms with Crippen LogP contribution in [0.1, 0.15) is 6.92 Å². The Labute approximate surface area is 67.1 Å². The van der Waals surface area contributed by atoms with Gasteiger partial charge in [-0.05, 0) is 6.54 Å². The standard InChI is InChI=1S/C4H12N2.Na.H/c1-2-6-4-3-5;;/h6H,2-5H2,1H3;;. The molecule has 0 aromatic heterocycles. The van der Waals surface area contributed by atoms with E-state index in [0.717, 1.165) is 19.6 Å². The molecule has 0 saturated carbocycles. The molecule has 3 heteroatoms. The first-order valence-corrected chi connectivity index (χ1v) is 2.32. The molecule has 0 rings (SSSR count). The molecule has 0 spiro atoms. The van der Waals surface area contributed by atoms with Crippen molar-refractivity contribution < 1.29 is 0 Å². The minimum absolute atomic E-state index is 0. The summed E-state index contributed by atoms with van der Waals surface area (Å²) in [7, 11) is 0. The molecule has 0 bridgehead atoms. The van der Waals surface area contributed by atoms with Crippen LogP contribution in [-0.4, -0.2) is 49.2 Å². The number of nitrogens with two attached hydrogens (primary N) is 1. The van der Waals surface area contributed by atoms with Gasteiger partial charge in [0.1, 0.15) is 0 Å². The predicted octanol–water partition coefficient (Wildman–Crippen LogP) is -1.09. The molecule has 0 aromatic carbocycles. The van der Waals surface area contributed by atoms with Gasteiger partial charge in [-0.3, -0.25) is 0 Å². The van der Waals surface area contributed by atoms with Crippen LogP contribution in [0.5, 0.6) is 0 Å². The molecule has 0 aliphatic heterocycles. The van der Waals surface area contributed by atoms with Gasteiger partial charge in [0, 0.05) is 13.1 Å². The van der Waals surface area contributed by atoms with Crippen molar-refractivity contribution in [3.8, 4) is 0 Å². The topological polar surface area (TPSA) is 38.0 Å². The summed E-state index contributed by atoms with van der Waals surface area (Å²) in [6.45, 7) is 4.77. The zero-order valence-corrected chi connectivity index (χ0v) is 4.20. The molecular weight excluding hydrogens is 99.0 g/mol. The van der Waals surface area contributed by atoms with E-state index in [4.69, 9.17) is 5.73 Å². The number of hydrogen-bond acceptors (Lipinski definition) is 2. The average molecular weight is 112 g/mol. The van der Waals surface area contributed by atoms with E-state index >= 15 is 0 Å². The van der Waals surface area contributed by atoms with Gasteiger partial charge in [0.2, 0.25) is 0 Å². The van der Waals surface area contributed by atoms with Crippen molar-refractivity contribution in [1.29, 1.82) is 0 Å². The van der Waals surface area contributed by atoms with E-state index < -0.39 is 0 Å². The molecular formula is C4H13N2Na. The third-order valence-corrected chi connectivity index (χ3v) is 0.571. The van der Waals surface area contributed by atoms with E-state index in [0.29, 0.717) is 0 Å². The van der Waals surface area contributed by atoms with Crippen LogP contribution in [0.3, 0.4) is 0 Å². The number of likely N-dealkylation sites (N-methyl/N-ethyl adjacent to an activating group) is 1. The van der Waals surface area contributed by atoms with Gasteiger partial charge >= 0.3 is 29.6 Å². The molecule has 0 amide bonds. The van der Waals surface area contributed by atoms with Crippen LogP contribution in [0.2, 0.25) is 0 Å². The van der Waals surface area contributed by atoms with Crippen LogP contribution in [0.4, 0.5) is 0 Å². The van der Waals surface area contributed by atoms with E-state index in [-0.39, 0.29) is 29.6 Å². The first kappa shape index (κ1) is 10.8. The van der Waals surface area contributed by atoms with Crippen molar-refractivity contribution in [2.45, 2.75) is 6.92 Å². The van der Waals surface area contributed by atoms with E-state index in [1.807, 2.05) is 0 Å². The Morgan fingerprint density at radius 3 is 2.29 bits per heavy atom. The number of hydrogen-bond donors (Lipinski definition) is 2. The first-order valence-electron chi connectivity index (χ1n) is 2.32. The Morgan fingerprint density at radius 2 is 2.14 bits per heavy atom. The van der Waals surface area contributed by atoms with Gasteiger partial charge in [-0.15, -0.1) is 0 Å². The van der Waals surface area contributed by atoms with Crippen LogP contribution < -0.4 is 11.1 Å². The molecule has 0 aliphatic rings. The van der Waals surface area contributed by atoms with Crippen LogP contribution in [0.15, 0.2) is 0 Å². The molecule has 0 saturated heterocycles. The summed E-state index contributed by atoms with van der Waals surface area (Å²) in [6.07, 6.45) is 0. The maximum absolute atomic E-state index is 5.15. The van der Waals surface area contributed by atoms with E-state index in [2.05, 4.69) is 12.2 Å². The molecule has 0 fully saturated rings. The summed E-state index contributed by atoms with van der Waals surface area (Å²) >= 11 is 0. The van der Waals surface area contributed by atoms with Crippen LogP contribution in [0.25, 0.3) is 0 Å². The molecule has 3 N–H and O–H groups in total. The fourth-order valence-electron chi connectivity index (χ4n) is 0.279. The van der Waals surface area contributed by atoms with Crippen molar-refractivity contribution >= 4 is 29.6 Å². The molecule has 0 aliphatic carbocycles. The van der Waals surface area contributed by atoms with E-state index in [1.165, 1.54) is 0 Å². The normalized spacial score (nSPS) is 7.71.